The topological polar surface area (TPSA) is 58.2 Å². The Bertz CT molecular complexity index is 686. The van der Waals surface area contributed by atoms with Crippen LogP contribution in [0.5, 0.6) is 0 Å². The number of hydrogen-bond acceptors (Lipinski definition) is 2. The highest BCUT2D eigenvalue weighted by molar-refractivity contribution is 6.07. The first kappa shape index (κ1) is 20.4. The summed E-state index contributed by atoms with van der Waals surface area (Å²) < 4.78 is 0. The van der Waals surface area contributed by atoms with Crippen LogP contribution in [0.3, 0.4) is 0 Å². The molecule has 0 aromatic heterocycles. The van der Waals surface area contributed by atoms with Crippen LogP contribution in [-0.2, 0) is 0 Å². The highest BCUT2D eigenvalue weighted by Gasteiger charge is 2.16. The molecule has 0 spiro atoms. The highest BCUT2D eigenvalue weighted by Crippen LogP contribution is 2.20. The molecule has 150 valence electrons. The van der Waals surface area contributed by atoms with E-state index < -0.39 is 0 Å². The molecular formula is C24H32N2O2. The van der Waals surface area contributed by atoms with E-state index in [1.807, 2.05) is 12.1 Å². The SMILES string of the molecule is O=C(NCCC1=CCCCC1)c1ccccc1C(=O)NCCC1=CCCCC1. The van der Waals surface area contributed by atoms with Gasteiger partial charge in [-0.05, 0) is 76.3 Å². The number of carbonyl (C=O) groups is 2. The van der Waals surface area contributed by atoms with Gasteiger partial charge in [-0.3, -0.25) is 9.59 Å². The van der Waals surface area contributed by atoms with Gasteiger partial charge in [-0.25, -0.2) is 0 Å². The molecule has 0 saturated carbocycles. The van der Waals surface area contributed by atoms with Crippen LogP contribution >= 0.6 is 0 Å². The Labute approximate surface area is 168 Å². The molecular weight excluding hydrogens is 348 g/mol. The number of amides is 2. The molecule has 0 atom stereocenters. The zero-order valence-corrected chi connectivity index (χ0v) is 16.8. The van der Waals surface area contributed by atoms with Crippen LogP contribution in [0.1, 0.15) is 84.9 Å². The van der Waals surface area contributed by atoms with Crippen LogP contribution in [0.2, 0.25) is 0 Å². The lowest BCUT2D eigenvalue weighted by Gasteiger charge is -2.15. The Morgan fingerprint density at radius 1 is 0.714 bits per heavy atom. The molecule has 3 rings (SSSR count). The van der Waals surface area contributed by atoms with Gasteiger partial charge >= 0.3 is 0 Å². The molecule has 2 amide bonds. The van der Waals surface area contributed by atoms with Gasteiger partial charge in [-0.2, -0.15) is 0 Å². The van der Waals surface area contributed by atoms with Crippen molar-refractivity contribution < 1.29 is 9.59 Å². The second kappa shape index (κ2) is 10.8. The van der Waals surface area contributed by atoms with Crippen molar-refractivity contribution in [1.82, 2.24) is 10.6 Å². The van der Waals surface area contributed by atoms with Crippen LogP contribution in [-0.4, -0.2) is 24.9 Å². The summed E-state index contributed by atoms with van der Waals surface area (Å²) in [5, 5.41) is 5.96. The maximum Gasteiger partial charge on any atom is 0.252 e. The molecule has 0 saturated heterocycles. The molecule has 1 aromatic rings. The lowest BCUT2D eigenvalue weighted by Crippen LogP contribution is -2.30. The summed E-state index contributed by atoms with van der Waals surface area (Å²) >= 11 is 0. The van der Waals surface area contributed by atoms with Crippen molar-refractivity contribution in [3.05, 3.63) is 58.7 Å². The fourth-order valence-corrected chi connectivity index (χ4v) is 4.01. The van der Waals surface area contributed by atoms with Crippen LogP contribution < -0.4 is 10.6 Å². The van der Waals surface area contributed by atoms with E-state index in [4.69, 9.17) is 0 Å². The number of benzene rings is 1. The minimum atomic E-state index is -0.169. The minimum absolute atomic E-state index is 0.169. The van der Waals surface area contributed by atoms with Gasteiger partial charge in [0.25, 0.3) is 11.8 Å². The van der Waals surface area contributed by atoms with Crippen molar-refractivity contribution in [2.45, 2.75) is 64.2 Å². The van der Waals surface area contributed by atoms with E-state index in [0.29, 0.717) is 24.2 Å². The van der Waals surface area contributed by atoms with Gasteiger partial charge in [0.2, 0.25) is 0 Å². The molecule has 2 aliphatic carbocycles. The molecule has 0 unspecified atom stereocenters. The molecule has 28 heavy (non-hydrogen) atoms. The fourth-order valence-electron chi connectivity index (χ4n) is 4.01. The first-order valence-corrected chi connectivity index (χ1v) is 10.8. The van der Waals surface area contributed by atoms with Gasteiger partial charge in [0.1, 0.15) is 0 Å². The molecule has 4 nitrogen and oxygen atoms in total. The van der Waals surface area contributed by atoms with Gasteiger partial charge in [-0.15, -0.1) is 0 Å². The van der Waals surface area contributed by atoms with Gasteiger partial charge in [-0.1, -0.05) is 35.4 Å². The molecule has 2 aliphatic rings. The third-order valence-corrected chi connectivity index (χ3v) is 5.65. The highest BCUT2D eigenvalue weighted by atomic mass is 16.2. The number of rotatable bonds is 8. The van der Waals surface area contributed by atoms with Crippen LogP contribution in [0.4, 0.5) is 0 Å². The van der Waals surface area contributed by atoms with Crippen molar-refractivity contribution in [2.24, 2.45) is 0 Å². The van der Waals surface area contributed by atoms with E-state index in [0.717, 1.165) is 38.5 Å². The van der Waals surface area contributed by atoms with E-state index in [-0.39, 0.29) is 11.8 Å². The Kier molecular flexibility index (Phi) is 7.89. The second-order valence-corrected chi connectivity index (χ2v) is 7.77. The minimum Gasteiger partial charge on any atom is -0.352 e. The van der Waals surface area contributed by atoms with E-state index in [2.05, 4.69) is 22.8 Å². The van der Waals surface area contributed by atoms with E-state index >= 15 is 0 Å². The van der Waals surface area contributed by atoms with Crippen molar-refractivity contribution >= 4 is 11.8 Å². The smallest absolute Gasteiger partial charge is 0.252 e. The number of allylic oxidation sites excluding steroid dienone is 2. The number of hydrogen-bond donors (Lipinski definition) is 2. The third-order valence-electron chi connectivity index (χ3n) is 5.65. The Morgan fingerprint density at radius 3 is 1.57 bits per heavy atom. The first-order chi connectivity index (χ1) is 13.7. The predicted octanol–water partition coefficient (Wildman–Crippen LogP) is 4.93. The summed E-state index contributed by atoms with van der Waals surface area (Å²) in [7, 11) is 0. The molecule has 0 radical (unpaired) electrons. The zero-order chi connectivity index (χ0) is 19.6. The molecule has 0 heterocycles. The quantitative estimate of drug-likeness (QED) is 0.629. The van der Waals surface area contributed by atoms with Crippen LogP contribution in [0, 0.1) is 0 Å². The largest absolute Gasteiger partial charge is 0.352 e. The summed E-state index contributed by atoms with van der Waals surface area (Å²) in [5.41, 5.74) is 3.79. The molecule has 0 aliphatic heterocycles. The monoisotopic (exact) mass is 380 g/mol. The van der Waals surface area contributed by atoms with Gasteiger partial charge < -0.3 is 10.6 Å². The van der Waals surface area contributed by atoms with Crippen molar-refractivity contribution in [2.75, 3.05) is 13.1 Å². The summed E-state index contributed by atoms with van der Waals surface area (Å²) in [6.07, 6.45) is 16.1. The summed E-state index contributed by atoms with van der Waals surface area (Å²) in [6.45, 7) is 1.24. The molecule has 0 bridgehead atoms. The van der Waals surface area contributed by atoms with Gasteiger partial charge in [0.15, 0.2) is 0 Å². The average molecular weight is 381 g/mol. The lowest BCUT2D eigenvalue weighted by molar-refractivity contribution is 0.0919. The van der Waals surface area contributed by atoms with Crippen molar-refractivity contribution in [3.8, 4) is 0 Å². The van der Waals surface area contributed by atoms with Crippen molar-refractivity contribution in [1.29, 1.82) is 0 Å². The Balaban J connectivity index is 1.50. The summed E-state index contributed by atoms with van der Waals surface area (Å²) in [4.78, 5) is 25.2. The average Bonchev–Trinajstić information content (AvgIpc) is 2.75. The van der Waals surface area contributed by atoms with Crippen molar-refractivity contribution in [3.63, 3.8) is 0 Å². The summed E-state index contributed by atoms with van der Waals surface area (Å²) in [6, 6.07) is 7.08. The molecule has 2 N–H and O–H groups in total. The molecule has 1 aromatic carbocycles. The Hall–Kier alpha value is -2.36. The van der Waals surface area contributed by atoms with E-state index in [9.17, 15) is 9.59 Å². The molecule has 0 fully saturated rings. The lowest BCUT2D eigenvalue weighted by atomic mass is 9.97. The third kappa shape index (κ3) is 6.08. The normalized spacial score (nSPS) is 16.7. The summed E-state index contributed by atoms with van der Waals surface area (Å²) in [5.74, 6) is -0.339. The van der Waals surface area contributed by atoms with Crippen LogP contribution in [0.15, 0.2) is 47.6 Å². The number of carbonyl (C=O) groups excluding carboxylic acids is 2. The first-order valence-electron chi connectivity index (χ1n) is 10.8. The van der Waals surface area contributed by atoms with Crippen LogP contribution in [0.25, 0.3) is 0 Å². The number of nitrogens with one attached hydrogen (secondary N) is 2. The fraction of sp³-hybridized carbons (Fsp3) is 0.500. The maximum absolute atomic E-state index is 12.6. The zero-order valence-electron chi connectivity index (χ0n) is 16.8. The van der Waals surface area contributed by atoms with Gasteiger partial charge in [0.05, 0.1) is 11.1 Å². The maximum atomic E-state index is 12.6. The molecule has 4 heteroatoms. The Morgan fingerprint density at radius 2 is 1.18 bits per heavy atom. The second-order valence-electron chi connectivity index (χ2n) is 7.77. The van der Waals surface area contributed by atoms with Gasteiger partial charge in [0, 0.05) is 13.1 Å². The van der Waals surface area contributed by atoms with E-state index in [1.165, 1.54) is 36.8 Å². The van der Waals surface area contributed by atoms with E-state index in [1.54, 1.807) is 12.1 Å². The standard InChI is InChI=1S/C24H32N2O2/c27-23(25-17-15-19-9-3-1-4-10-19)21-13-7-8-14-22(21)24(28)26-18-16-20-11-5-2-6-12-20/h7-9,11,13-14H,1-6,10,12,15-18H2,(H,25,27)(H,26,28). The predicted molar refractivity (Wildman–Crippen MR) is 113 cm³/mol.